The molecule has 2 atom stereocenters. The molecule has 0 fully saturated rings. The molecule has 158 valence electrons. The number of halogens is 2. The summed E-state index contributed by atoms with van der Waals surface area (Å²) in [6.45, 7) is 7.20. The smallest absolute Gasteiger partial charge is 0.123 e. The van der Waals surface area contributed by atoms with E-state index in [1.54, 1.807) is 12.1 Å². The third-order valence-electron chi connectivity index (χ3n) is 5.30. The van der Waals surface area contributed by atoms with Crippen LogP contribution >= 0.6 is 11.6 Å². The zero-order valence-electron chi connectivity index (χ0n) is 17.8. The SMILES string of the molecule is CC(C)Oc1ccc([C@H](CC[NH2+][C@H](C)c2ccc(Cl)cc2)c2ccc(F)cc2)cc1. The van der Waals surface area contributed by atoms with Crippen LogP contribution < -0.4 is 10.1 Å². The van der Waals surface area contributed by atoms with Gasteiger partial charge in [-0.2, -0.15) is 0 Å². The summed E-state index contributed by atoms with van der Waals surface area (Å²) in [5.41, 5.74) is 3.60. The van der Waals surface area contributed by atoms with Gasteiger partial charge in [0, 0.05) is 22.9 Å². The lowest BCUT2D eigenvalue weighted by atomic mass is 9.88. The number of hydrogen-bond donors (Lipinski definition) is 1. The molecule has 2 N–H and O–H groups in total. The molecule has 30 heavy (non-hydrogen) atoms. The normalized spacial score (nSPS) is 13.3. The van der Waals surface area contributed by atoms with Gasteiger partial charge in [-0.25, -0.2) is 4.39 Å². The molecule has 4 heteroatoms. The van der Waals surface area contributed by atoms with Gasteiger partial charge in [-0.05, 0) is 68.3 Å². The molecule has 0 unspecified atom stereocenters. The molecule has 2 nitrogen and oxygen atoms in total. The van der Waals surface area contributed by atoms with E-state index in [1.807, 2.05) is 50.2 Å². The average molecular weight is 427 g/mol. The van der Waals surface area contributed by atoms with Gasteiger partial charge in [0.2, 0.25) is 0 Å². The van der Waals surface area contributed by atoms with Gasteiger partial charge in [-0.1, -0.05) is 48.0 Å². The highest BCUT2D eigenvalue weighted by atomic mass is 35.5. The molecule has 0 radical (unpaired) electrons. The van der Waals surface area contributed by atoms with Crippen LogP contribution in [0.25, 0.3) is 0 Å². The van der Waals surface area contributed by atoms with Gasteiger partial charge < -0.3 is 10.1 Å². The Morgan fingerprint density at radius 3 is 1.90 bits per heavy atom. The first kappa shape index (κ1) is 22.3. The molecule has 0 aliphatic rings. The number of benzene rings is 3. The topological polar surface area (TPSA) is 25.8 Å². The van der Waals surface area contributed by atoms with Crippen molar-refractivity contribution in [1.29, 1.82) is 0 Å². The number of hydrogen-bond acceptors (Lipinski definition) is 1. The zero-order valence-corrected chi connectivity index (χ0v) is 18.6. The van der Waals surface area contributed by atoms with E-state index in [-0.39, 0.29) is 17.8 Å². The van der Waals surface area contributed by atoms with Crippen molar-refractivity contribution in [2.75, 3.05) is 6.54 Å². The average Bonchev–Trinajstić information content (AvgIpc) is 2.73. The Hall–Kier alpha value is -2.36. The summed E-state index contributed by atoms with van der Waals surface area (Å²) in [5.74, 6) is 0.864. The number of nitrogens with two attached hydrogens (primary N) is 1. The van der Waals surface area contributed by atoms with Crippen molar-refractivity contribution in [3.05, 3.63) is 100 Å². The van der Waals surface area contributed by atoms with E-state index in [2.05, 4.69) is 36.5 Å². The van der Waals surface area contributed by atoms with Crippen molar-refractivity contribution in [3.8, 4) is 5.75 Å². The molecule has 0 heterocycles. The fourth-order valence-corrected chi connectivity index (χ4v) is 3.81. The van der Waals surface area contributed by atoms with Crippen LogP contribution in [0.4, 0.5) is 4.39 Å². The Morgan fingerprint density at radius 2 is 1.33 bits per heavy atom. The molecule has 3 rings (SSSR count). The number of quaternary nitrogens is 1. The van der Waals surface area contributed by atoms with Crippen molar-refractivity contribution in [3.63, 3.8) is 0 Å². The largest absolute Gasteiger partial charge is 0.491 e. The van der Waals surface area contributed by atoms with Crippen molar-refractivity contribution in [1.82, 2.24) is 0 Å². The highest BCUT2D eigenvalue weighted by molar-refractivity contribution is 6.30. The van der Waals surface area contributed by atoms with E-state index in [1.165, 1.54) is 11.1 Å². The summed E-state index contributed by atoms with van der Waals surface area (Å²) < 4.78 is 19.2. The number of rotatable bonds is 9. The Balaban J connectivity index is 1.71. The molecule has 0 saturated carbocycles. The van der Waals surface area contributed by atoms with E-state index >= 15 is 0 Å². The van der Waals surface area contributed by atoms with E-state index in [0.717, 1.165) is 29.3 Å². The Bertz CT molecular complexity index is 907. The van der Waals surface area contributed by atoms with Crippen molar-refractivity contribution in [2.45, 2.75) is 45.3 Å². The summed E-state index contributed by atoms with van der Waals surface area (Å²) in [6.07, 6.45) is 1.10. The molecule has 0 amide bonds. The van der Waals surface area contributed by atoms with Gasteiger partial charge in [0.05, 0.1) is 12.6 Å². The van der Waals surface area contributed by atoms with Crippen molar-refractivity contribution in [2.24, 2.45) is 0 Å². The minimum absolute atomic E-state index is 0.146. The molecule has 0 bridgehead atoms. The van der Waals surface area contributed by atoms with Crippen molar-refractivity contribution >= 4 is 11.6 Å². The maximum atomic E-state index is 13.5. The standard InChI is InChI=1S/C26H29ClFNO/c1-18(2)30-25-14-8-22(9-15-25)26(21-6-12-24(28)13-7-21)16-17-29-19(3)20-4-10-23(27)11-5-20/h4-15,18-19,26,29H,16-17H2,1-3H3/p+1/t19-,26-/m1/s1. The lowest BCUT2D eigenvalue weighted by molar-refractivity contribution is -0.693. The van der Waals surface area contributed by atoms with Crippen LogP contribution in [-0.4, -0.2) is 12.6 Å². The fourth-order valence-electron chi connectivity index (χ4n) is 3.69. The van der Waals surface area contributed by atoms with E-state index < -0.39 is 0 Å². The monoisotopic (exact) mass is 426 g/mol. The van der Waals surface area contributed by atoms with E-state index in [0.29, 0.717) is 6.04 Å². The number of ether oxygens (including phenoxy) is 1. The highest BCUT2D eigenvalue weighted by Crippen LogP contribution is 2.29. The van der Waals surface area contributed by atoms with Gasteiger partial charge in [0.1, 0.15) is 17.6 Å². The van der Waals surface area contributed by atoms with Gasteiger partial charge in [-0.3, -0.25) is 0 Å². The summed E-state index contributed by atoms with van der Waals surface area (Å²) in [7, 11) is 0. The second-order valence-corrected chi connectivity index (χ2v) is 8.43. The first-order chi connectivity index (χ1) is 14.4. The third-order valence-corrected chi connectivity index (χ3v) is 5.55. The predicted molar refractivity (Wildman–Crippen MR) is 122 cm³/mol. The first-order valence-corrected chi connectivity index (χ1v) is 10.9. The Kier molecular flexibility index (Phi) is 7.89. The minimum atomic E-state index is -0.207. The summed E-state index contributed by atoms with van der Waals surface area (Å²) in [6, 6.07) is 23.5. The van der Waals surface area contributed by atoms with Crippen LogP contribution in [-0.2, 0) is 0 Å². The lowest BCUT2D eigenvalue weighted by Gasteiger charge is -2.20. The van der Waals surface area contributed by atoms with Gasteiger partial charge in [0.25, 0.3) is 0 Å². The van der Waals surface area contributed by atoms with Gasteiger partial charge in [0.15, 0.2) is 0 Å². The predicted octanol–water partition coefficient (Wildman–Crippen LogP) is 6.11. The molecule has 0 spiro atoms. The van der Waals surface area contributed by atoms with Crippen LogP contribution in [0.15, 0.2) is 72.8 Å². The first-order valence-electron chi connectivity index (χ1n) is 10.5. The summed E-state index contributed by atoms with van der Waals surface area (Å²) in [5, 5.41) is 3.10. The lowest BCUT2D eigenvalue weighted by Crippen LogP contribution is -2.84. The third kappa shape index (κ3) is 6.32. The van der Waals surface area contributed by atoms with Crippen molar-refractivity contribution < 1.29 is 14.4 Å². The maximum absolute atomic E-state index is 13.5. The molecule has 0 aromatic heterocycles. The quantitative estimate of drug-likeness (QED) is 0.438. The van der Waals surface area contributed by atoms with Crippen LogP contribution in [0.2, 0.25) is 5.02 Å². The van der Waals surface area contributed by atoms with Crippen LogP contribution in [0.1, 0.15) is 55.8 Å². The summed E-state index contributed by atoms with van der Waals surface area (Å²) in [4.78, 5) is 0. The highest BCUT2D eigenvalue weighted by Gasteiger charge is 2.17. The fraction of sp³-hybridized carbons (Fsp3) is 0.308. The molecule has 3 aromatic carbocycles. The van der Waals surface area contributed by atoms with E-state index in [4.69, 9.17) is 16.3 Å². The second-order valence-electron chi connectivity index (χ2n) is 7.99. The van der Waals surface area contributed by atoms with Crippen LogP contribution in [0.5, 0.6) is 5.75 Å². The Morgan fingerprint density at radius 1 is 0.800 bits per heavy atom. The molecule has 3 aromatic rings. The van der Waals surface area contributed by atoms with E-state index in [9.17, 15) is 4.39 Å². The Labute approximate surface area is 184 Å². The molecular weight excluding hydrogens is 397 g/mol. The van der Waals surface area contributed by atoms with Crippen LogP contribution in [0, 0.1) is 5.82 Å². The van der Waals surface area contributed by atoms with Gasteiger partial charge in [-0.15, -0.1) is 0 Å². The summed E-state index contributed by atoms with van der Waals surface area (Å²) >= 11 is 6.00. The molecular formula is C26H30ClFNO+. The molecule has 0 aliphatic carbocycles. The molecule has 0 saturated heterocycles. The van der Waals surface area contributed by atoms with Crippen LogP contribution in [0.3, 0.4) is 0 Å². The minimum Gasteiger partial charge on any atom is -0.491 e. The molecule has 0 aliphatic heterocycles. The maximum Gasteiger partial charge on any atom is 0.123 e. The second kappa shape index (κ2) is 10.6. The van der Waals surface area contributed by atoms with Gasteiger partial charge >= 0.3 is 0 Å². The zero-order chi connectivity index (χ0) is 21.5.